The smallest absolute Gasteiger partial charge is 0.242 e. The van der Waals surface area contributed by atoms with Crippen molar-refractivity contribution in [1.82, 2.24) is 9.88 Å². The number of anilines is 2. The zero-order chi connectivity index (χ0) is 18.1. The van der Waals surface area contributed by atoms with Gasteiger partial charge in [0.25, 0.3) is 0 Å². The lowest BCUT2D eigenvalue weighted by Crippen LogP contribution is -2.46. The average molecular weight is 371 g/mol. The first kappa shape index (κ1) is 17.2. The fourth-order valence-corrected chi connectivity index (χ4v) is 4.62. The zero-order valence-corrected chi connectivity index (χ0v) is 15.3. The van der Waals surface area contributed by atoms with Gasteiger partial charge >= 0.3 is 0 Å². The summed E-state index contributed by atoms with van der Waals surface area (Å²) in [4.78, 5) is 21.4. The fraction of sp³-hybridized carbons (Fsp3) is 0.500. The van der Waals surface area contributed by atoms with E-state index in [1.807, 2.05) is 12.1 Å². The first-order chi connectivity index (χ1) is 12.7. The van der Waals surface area contributed by atoms with Crippen LogP contribution in [0.1, 0.15) is 12.0 Å². The van der Waals surface area contributed by atoms with Crippen molar-refractivity contribution in [3.8, 4) is 6.07 Å². The third kappa shape index (κ3) is 3.14. The number of amides is 1. The van der Waals surface area contributed by atoms with E-state index < -0.39 is 5.92 Å². The molecule has 7 nitrogen and oxygen atoms in total. The van der Waals surface area contributed by atoms with Gasteiger partial charge < -0.3 is 15.3 Å². The Morgan fingerprint density at radius 1 is 1.35 bits per heavy atom. The Bertz CT molecular complexity index is 866. The number of benzene rings is 1. The van der Waals surface area contributed by atoms with Gasteiger partial charge in [-0.1, -0.05) is 11.3 Å². The van der Waals surface area contributed by atoms with Gasteiger partial charge in [-0.25, -0.2) is 4.98 Å². The van der Waals surface area contributed by atoms with Crippen LogP contribution >= 0.6 is 11.3 Å². The van der Waals surface area contributed by atoms with Crippen LogP contribution in [0.25, 0.3) is 10.2 Å². The number of nitrogens with zero attached hydrogens (tertiary/aromatic N) is 4. The molecule has 1 unspecified atom stereocenters. The molecule has 1 aromatic carbocycles. The number of aliphatic hydroxyl groups is 1. The molecule has 2 aromatic rings. The van der Waals surface area contributed by atoms with E-state index in [0.717, 1.165) is 65.7 Å². The quantitative estimate of drug-likeness (QED) is 0.845. The molecule has 4 rings (SSSR count). The van der Waals surface area contributed by atoms with Crippen molar-refractivity contribution >= 4 is 38.3 Å². The molecule has 136 valence electrons. The number of aliphatic hydroxyl groups excluding tert-OH is 1. The number of rotatable bonds is 4. The van der Waals surface area contributed by atoms with Crippen LogP contribution in [0.2, 0.25) is 0 Å². The summed E-state index contributed by atoms with van der Waals surface area (Å²) in [5, 5.41) is 22.0. The number of nitrogens with one attached hydrogen (secondary N) is 1. The molecule has 3 heterocycles. The van der Waals surface area contributed by atoms with Gasteiger partial charge in [0.15, 0.2) is 5.13 Å². The number of hydrogen-bond donors (Lipinski definition) is 2. The van der Waals surface area contributed by atoms with Crippen LogP contribution in [0.3, 0.4) is 0 Å². The van der Waals surface area contributed by atoms with Crippen LogP contribution in [-0.2, 0) is 11.2 Å². The SMILES string of the molecule is N#CC1Cc2c(ccc3sc(N4CCN(CCCO)CC4)nc23)NC1=O. The van der Waals surface area contributed by atoms with E-state index in [2.05, 4.69) is 21.2 Å². The van der Waals surface area contributed by atoms with E-state index in [1.165, 1.54) is 0 Å². The Morgan fingerprint density at radius 2 is 2.15 bits per heavy atom. The molecule has 2 aliphatic rings. The molecule has 2 N–H and O–H groups in total. The van der Waals surface area contributed by atoms with Gasteiger partial charge in [-0.15, -0.1) is 0 Å². The van der Waals surface area contributed by atoms with E-state index in [-0.39, 0.29) is 12.5 Å². The van der Waals surface area contributed by atoms with Crippen LogP contribution in [0.4, 0.5) is 10.8 Å². The molecule has 1 atom stereocenters. The van der Waals surface area contributed by atoms with Crippen molar-refractivity contribution in [3.05, 3.63) is 17.7 Å². The van der Waals surface area contributed by atoms with Crippen LogP contribution in [0.15, 0.2) is 12.1 Å². The lowest BCUT2D eigenvalue weighted by molar-refractivity contribution is -0.118. The second kappa shape index (κ2) is 7.19. The van der Waals surface area contributed by atoms with Gasteiger partial charge in [-0.3, -0.25) is 9.69 Å². The van der Waals surface area contributed by atoms with E-state index in [4.69, 9.17) is 10.1 Å². The predicted octanol–water partition coefficient (Wildman–Crippen LogP) is 1.44. The highest BCUT2D eigenvalue weighted by molar-refractivity contribution is 7.22. The number of aromatic nitrogens is 1. The molecule has 1 aromatic heterocycles. The topological polar surface area (TPSA) is 92.5 Å². The number of thiazole rings is 1. The maximum atomic E-state index is 11.9. The Labute approximate surface area is 155 Å². The standard InChI is InChI=1S/C18H21N5O2S/c19-11-12-10-13-14(20-17(12)25)2-3-15-16(13)21-18(26-15)23-7-5-22(6-8-23)4-1-9-24/h2-3,12,24H,1,4-10H2,(H,20,25). The largest absolute Gasteiger partial charge is 0.396 e. The van der Waals surface area contributed by atoms with Gasteiger partial charge in [0, 0.05) is 57.0 Å². The van der Waals surface area contributed by atoms with Crippen molar-refractivity contribution in [2.24, 2.45) is 5.92 Å². The molecule has 0 spiro atoms. The minimum Gasteiger partial charge on any atom is -0.396 e. The van der Waals surface area contributed by atoms with Crippen molar-refractivity contribution in [2.45, 2.75) is 12.8 Å². The highest BCUT2D eigenvalue weighted by Gasteiger charge is 2.29. The number of fused-ring (bicyclic) bond motifs is 3. The van der Waals surface area contributed by atoms with Crippen LogP contribution < -0.4 is 10.2 Å². The second-order valence-corrected chi connectivity index (χ2v) is 7.72. The van der Waals surface area contributed by atoms with Crippen LogP contribution in [-0.4, -0.2) is 60.2 Å². The molecular weight excluding hydrogens is 350 g/mol. The van der Waals surface area contributed by atoms with Gasteiger partial charge in [0.2, 0.25) is 5.91 Å². The minimum absolute atomic E-state index is 0.228. The van der Waals surface area contributed by atoms with E-state index >= 15 is 0 Å². The molecule has 1 fully saturated rings. The maximum absolute atomic E-state index is 11.9. The van der Waals surface area contributed by atoms with Crippen LogP contribution in [0.5, 0.6) is 0 Å². The molecule has 0 aliphatic carbocycles. The predicted molar refractivity (Wildman–Crippen MR) is 101 cm³/mol. The molecular formula is C18H21N5O2S. The fourth-order valence-electron chi connectivity index (χ4n) is 3.57. The molecule has 0 bridgehead atoms. The second-order valence-electron chi connectivity index (χ2n) is 6.72. The Morgan fingerprint density at radius 3 is 2.88 bits per heavy atom. The van der Waals surface area contributed by atoms with Crippen LogP contribution in [0, 0.1) is 17.2 Å². The van der Waals surface area contributed by atoms with Crippen molar-refractivity contribution in [1.29, 1.82) is 5.26 Å². The minimum atomic E-state index is -0.645. The number of nitriles is 1. The van der Waals surface area contributed by atoms with Crippen molar-refractivity contribution < 1.29 is 9.90 Å². The molecule has 2 aliphatic heterocycles. The number of carbonyl (C=O) groups excluding carboxylic acids is 1. The van der Waals surface area contributed by atoms with Gasteiger partial charge in [-0.05, 0) is 18.6 Å². The first-order valence-corrected chi connectivity index (χ1v) is 9.72. The highest BCUT2D eigenvalue weighted by atomic mass is 32.1. The average Bonchev–Trinajstić information content (AvgIpc) is 3.11. The third-order valence-electron chi connectivity index (χ3n) is 5.07. The Balaban J connectivity index is 1.56. The summed E-state index contributed by atoms with van der Waals surface area (Å²) >= 11 is 1.67. The number of carbonyl (C=O) groups is 1. The van der Waals surface area contributed by atoms with E-state index in [9.17, 15) is 10.1 Å². The molecule has 8 heteroatoms. The lowest BCUT2D eigenvalue weighted by Gasteiger charge is -2.34. The van der Waals surface area contributed by atoms with Gasteiger partial charge in [-0.2, -0.15) is 5.26 Å². The third-order valence-corrected chi connectivity index (χ3v) is 6.15. The molecule has 26 heavy (non-hydrogen) atoms. The van der Waals surface area contributed by atoms with Crippen molar-refractivity contribution in [2.75, 3.05) is 49.5 Å². The summed E-state index contributed by atoms with van der Waals surface area (Å²) < 4.78 is 1.09. The summed E-state index contributed by atoms with van der Waals surface area (Å²) in [7, 11) is 0. The molecule has 1 saturated heterocycles. The number of hydrogen-bond acceptors (Lipinski definition) is 7. The normalized spacial score (nSPS) is 20.7. The zero-order valence-electron chi connectivity index (χ0n) is 14.4. The molecule has 1 amide bonds. The van der Waals surface area contributed by atoms with Gasteiger partial charge in [0.05, 0.1) is 16.3 Å². The first-order valence-electron chi connectivity index (χ1n) is 8.90. The monoisotopic (exact) mass is 371 g/mol. The lowest BCUT2D eigenvalue weighted by atomic mass is 9.93. The summed E-state index contributed by atoms with van der Waals surface area (Å²) in [6.45, 7) is 4.97. The maximum Gasteiger partial charge on any atom is 0.242 e. The van der Waals surface area contributed by atoms with Gasteiger partial charge in [0.1, 0.15) is 5.92 Å². The summed E-state index contributed by atoms with van der Waals surface area (Å²) in [6.07, 6.45) is 1.24. The Hall–Kier alpha value is -2.21. The summed E-state index contributed by atoms with van der Waals surface area (Å²) in [6, 6.07) is 6.00. The van der Waals surface area contributed by atoms with E-state index in [0.29, 0.717) is 6.42 Å². The number of piperazine rings is 1. The highest BCUT2D eigenvalue weighted by Crippen LogP contribution is 2.37. The summed E-state index contributed by atoms with van der Waals surface area (Å²) in [5.41, 5.74) is 2.66. The molecule has 0 saturated carbocycles. The Kier molecular flexibility index (Phi) is 4.76. The van der Waals surface area contributed by atoms with E-state index in [1.54, 1.807) is 11.3 Å². The van der Waals surface area contributed by atoms with Crippen molar-refractivity contribution in [3.63, 3.8) is 0 Å². The molecule has 0 radical (unpaired) electrons. The summed E-state index contributed by atoms with van der Waals surface area (Å²) in [5.74, 6) is -0.873.